The van der Waals surface area contributed by atoms with Crippen molar-refractivity contribution in [1.29, 1.82) is 0 Å². The predicted molar refractivity (Wildman–Crippen MR) is 84.7 cm³/mol. The van der Waals surface area contributed by atoms with Gasteiger partial charge in [-0.3, -0.25) is 14.9 Å². The first-order chi connectivity index (χ1) is 11.6. The van der Waals surface area contributed by atoms with Crippen LogP contribution in [0.1, 0.15) is 23.2 Å². The molecule has 0 saturated carbocycles. The molecule has 1 amide bonds. The Kier molecular flexibility index (Phi) is 4.64. The van der Waals surface area contributed by atoms with Crippen molar-refractivity contribution in [3.63, 3.8) is 0 Å². The van der Waals surface area contributed by atoms with E-state index in [2.05, 4.69) is 10.2 Å². The van der Waals surface area contributed by atoms with E-state index in [0.717, 1.165) is 12.8 Å². The summed E-state index contributed by atoms with van der Waals surface area (Å²) in [5.41, 5.74) is 0.398. The zero-order valence-electron chi connectivity index (χ0n) is 12.9. The zero-order valence-corrected chi connectivity index (χ0v) is 12.9. The maximum atomic E-state index is 12.6. The molecule has 1 saturated heterocycles. The van der Waals surface area contributed by atoms with Gasteiger partial charge >= 0.3 is 0 Å². The van der Waals surface area contributed by atoms with Crippen molar-refractivity contribution < 1.29 is 14.5 Å². The molecule has 0 N–H and O–H groups in total. The van der Waals surface area contributed by atoms with E-state index in [0.29, 0.717) is 24.5 Å². The molecule has 24 heavy (non-hydrogen) atoms. The number of rotatable bonds is 4. The lowest BCUT2D eigenvalue weighted by Crippen LogP contribution is -2.44. The van der Waals surface area contributed by atoms with Gasteiger partial charge in [0, 0.05) is 36.5 Å². The van der Waals surface area contributed by atoms with Gasteiger partial charge in [0.15, 0.2) is 0 Å². The molecular formula is C16H16N4O4. The highest BCUT2D eigenvalue weighted by molar-refractivity contribution is 5.94. The number of ether oxygens (including phenoxy) is 1. The first kappa shape index (κ1) is 15.9. The lowest BCUT2D eigenvalue weighted by atomic mass is 10.1. The Labute approximate surface area is 138 Å². The maximum absolute atomic E-state index is 12.6. The summed E-state index contributed by atoms with van der Waals surface area (Å²) in [6.45, 7) is 1.09. The number of non-ortho nitro benzene ring substituents is 1. The van der Waals surface area contributed by atoms with Gasteiger partial charge < -0.3 is 9.64 Å². The normalized spacial score (nSPS) is 17.3. The first-order valence-corrected chi connectivity index (χ1v) is 7.61. The summed E-state index contributed by atoms with van der Waals surface area (Å²) in [7, 11) is 0. The fourth-order valence-corrected chi connectivity index (χ4v) is 2.65. The molecule has 0 spiro atoms. The van der Waals surface area contributed by atoms with Gasteiger partial charge in [-0.1, -0.05) is 0 Å². The van der Waals surface area contributed by atoms with E-state index in [1.807, 2.05) is 0 Å². The minimum Gasteiger partial charge on any atom is -0.471 e. The molecule has 1 fully saturated rings. The second kappa shape index (κ2) is 7.03. The fourth-order valence-electron chi connectivity index (χ4n) is 2.65. The number of hydrogen-bond acceptors (Lipinski definition) is 6. The van der Waals surface area contributed by atoms with Crippen molar-refractivity contribution >= 4 is 11.6 Å². The Morgan fingerprint density at radius 3 is 2.75 bits per heavy atom. The Morgan fingerprint density at radius 1 is 1.29 bits per heavy atom. The van der Waals surface area contributed by atoms with Gasteiger partial charge in [0.1, 0.15) is 6.10 Å². The lowest BCUT2D eigenvalue weighted by Gasteiger charge is -2.32. The summed E-state index contributed by atoms with van der Waals surface area (Å²) in [4.78, 5) is 24.4. The number of nitro benzene ring substituents is 1. The van der Waals surface area contributed by atoms with Gasteiger partial charge in [-0.15, -0.1) is 5.10 Å². The minimum absolute atomic E-state index is 0.0333. The summed E-state index contributed by atoms with van der Waals surface area (Å²) < 4.78 is 5.77. The van der Waals surface area contributed by atoms with Crippen molar-refractivity contribution in [2.24, 2.45) is 0 Å². The number of aromatic nitrogens is 2. The highest BCUT2D eigenvalue weighted by Gasteiger charge is 2.26. The molecule has 3 rings (SSSR count). The Bertz CT molecular complexity index is 721. The molecule has 1 aromatic heterocycles. The van der Waals surface area contributed by atoms with Crippen LogP contribution < -0.4 is 4.74 Å². The molecule has 1 aromatic carbocycles. The van der Waals surface area contributed by atoms with Gasteiger partial charge in [-0.2, -0.15) is 5.10 Å². The molecule has 0 bridgehead atoms. The monoisotopic (exact) mass is 328 g/mol. The molecule has 1 unspecified atom stereocenters. The topological polar surface area (TPSA) is 98.5 Å². The number of carbonyl (C=O) groups excluding carboxylic acids is 1. The van der Waals surface area contributed by atoms with E-state index in [1.165, 1.54) is 24.3 Å². The maximum Gasteiger partial charge on any atom is 0.269 e. The Balaban J connectivity index is 1.65. The standard InChI is InChI=1S/C16H16N4O4/c21-16(12-5-7-13(8-6-12)20(22)23)19-10-2-3-14(11-19)24-15-4-1-9-17-18-15/h1,4-9,14H,2-3,10-11H2. The smallest absolute Gasteiger partial charge is 0.269 e. The van der Waals surface area contributed by atoms with Gasteiger partial charge in [0.05, 0.1) is 11.5 Å². The number of likely N-dealkylation sites (tertiary alicyclic amines) is 1. The van der Waals surface area contributed by atoms with Crippen LogP contribution in [0.2, 0.25) is 0 Å². The molecule has 2 heterocycles. The zero-order chi connectivity index (χ0) is 16.9. The van der Waals surface area contributed by atoms with Crippen LogP contribution in [0.25, 0.3) is 0 Å². The molecule has 0 aliphatic carbocycles. The Hall–Kier alpha value is -3.03. The van der Waals surface area contributed by atoms with E-state index in [-0.39, 0.29) is 17.7 Å². The van der Waals surface area contributed by atoms with Crippen LogP contribution in [0.5, 0.6) is 5.88 Å². The SMILES string of the molecule is O=C(c1ccc([N+](=O)[O-])cc1)N1CCCC(Oc2cccnn2)C1. The van der Waals surface area contributed by atoms with Crippen molar-refractivity contribution in [1.82, 2.24) is 15.1 Å². The van der Waals surface area contributed by atoms with Crippen LogP contribution in [0.3, 0.4) is 0 Å². The molecule has 1 atom stereocenters. The molecule has 0 radical (unpaired) electrons. The van der Waals surface area contributed by atoms with Crippen molar-refractivity contribution in [2.45, 2.75) is 18.9 Å². The molecule has 1 aliphatic rings. The second-order valence-electron chi connectivity index (χ2n) is 5.50. The number of benzene rings is 1. The predicted octanol–water partition coefficient (Wildman–Crippen LogP) is 2.07. The quantitative estimate of drug-likeness (QED) is 0.629. The average molecular weight is 328 g/mol. The average Bonchev–Trinajstić information content (AvgIpc) is 2.62. The highest BCUT2D eigenvalue weighted by atomic mass is 16.6. The summed E-state index contributed by atoms with van der Waals surface area (Å²) >= 11 is 0. The van der Waals surface area contributed by atoms with E-state index < -0.39 is 4.92 Å². The molecule has 8 nitrogen and oxygen atoms in total. The van der Waals surface area contributed by atoms with Crippen LogP contribution in [-0.4, -0.2) is 45.1 Å². The number of nitrogens with zero attached hydrogens (tertiary/aromatic N) is 4. The second-order valence-corrected chi connectivity index (χ2v) is 5.50. The summed E-state index contributed by atoms with van der Waals surface area (Å²) in [6, 6.07) is 9.10. The van der Waals surface area contributed by atoms with Crippen LogP contribution >= 0.6 is 0 Å². The van der Waals surface area contributed by atoms with Gasteiger partial charge in [-0.05, 0) is 31.0 Å². The van der Waals surface area contributed by atoms with Crippen LogP contribution in [0.4, 0.5) is 5.69 Å². The third-order valence-electron chi connectivity index (χ3n) is 3.83. The summed E-state index contributed by atoms with van der Waals surface area (Å²) in [6.07, 6.45) is 3.08. The van der Waals surface area contributed by atoms with E-state index in [1.54, 1.807) is 23.2 Å². The minimum atomic E-state index is -0.486. The number of carbonyl (C=O) groups is 1. The fraction of sp³-hybridized carbons (Fsp3) is 0.312. The third kappa shape index (κ3) is 3.65. The molecule has 124 valence electrons. The van der Waals surface area contributed by atoms with Gasteiger partial charge in [-0.25, -0.2) is 0 Å². The molecular weight excluding hydrogens is 312 g/mol. The molecule has 1 aliphatic heterocycles. The van der Waals surface area contributed by atoms with Crippen molar-refractivity contribution in [3.05, 3.63) is 58.3 Å². The van der Waals surface area contributed by atoms with Crippen molar-refractivity contribution in [3.8, 4) is 5.88 Å². The van der Waals surface area contributed by atoms with Crippen molar-refractivity contribution in [2.75, 3.05) is 13.1 Å². The van der Waals surface area contributed by atoms with E-state index >= 15 is 0 Å². The number of amides is 1. The molecule has 8 heteroatoms. The number of piperidine rings is 1. The highest BCUT2D eigenvalue weighted by Crippen LogP contribution is 2.19. The Morgan fingerprint density at radius 2 is 2.08 bits per heavy atom. The van der Waals surface area contributed by atoms with Crippen LogP contribution in [0, 0.1) is 10.1 Å². The van der Waals surface area contributed by atoms with E-state index in [4.69, 9.17) is 4.74 Å². The molecule has 2 aromatic rings. The van der Waals surface area contributed by atoms with Crippen LogP contribution in [0.15, 0.2) is 42.6 Å². The van der Waals surface area contributed by atoms with Gasteiger partial charge in [0.25, 0.3) is 11.6 Å². The number of hydrogen-bond donors (Lipinski definition) is 0. The summed E-state index contributed by atoms with van der Waals surface area (Å²) in [5, 5.41) is 18.3. The van der Waals surface area contributed by atoms with Gasteiger partial charge in [0.2, 0.25) is 5.88 Å². The van der Waals surface area contributed by atoms with E-state index in [9.17, 15) is 14.9 Å². The number of nitro groups is 1. The van der Waals surface area contributed by atoms with Crippen LogP contribution in [-0.2, 0) is 0 Å². The summed E-state index contributed by atoms with van der Waals surface area (Å²) in [5.74, 6) is 0.282. The third-order valence-corrected chi connectivity index (χ3v) is 3.83. The largest absolute Gasteiger partial charge is 0.471 e. The lowest BCUT2D eigenvalue weighted by molar-refractivity contribution is -0.384. The first-order valence-electron chi connectivity index (χ1n) is 7.61.